The third kappa shape index (κ3) is 7.05. The molecule has 1 amide bonds. The molecule has 0 aliphatic carbocycles. The highest BCUT2D eigenvalue weighted by atomic mass is 32.2. The lowest BCUT2D eigenvalue weighted by Gasteiger charge is -2.41. The predicted molar refractivity (Wildman–Crippen MR) is 166 cm³/mol. The van der Waals surface area contributed by atoms with E-state index in [1.54, 1.807) is 18.9 Å². The number of amides is 1. The number of methoxy groups -OCH3 is 1. The quantitative estimate of drug-likeness (QED) is 0.195. The maximum atomic E-state index is 11.5. The third-order valence-electron chi connectivity index (χ3n) is 7.63. The molecular formula is C35H37NO5S. The minimum atomic E-state index is -0.546. The Morgan fingerprint density at radius 1 is 0.905 bits per heavy atom. The number of nitrogens with one attached hydrogen (secondary N) is 1. The molecule has 0 spiro atoms. The first kappa shape index (κ1) is 29.9. The van der Waals surface area contributed by atoms with Gasteiger partial charge in [0.25, 0.3) is 0 Å². The molecule has 0 bridgehead atoms. The average molecular weight is 584 g/mol. The van der Waals surface area contributed by atoms with Crippen LogP contribution in [-0.4, -0.2) is 30.0 Å². The van der Waals surface area contributed by atoms with E-state index in [9.17, 15) is 9.90 Å². The summed E-state index contributed by atoms with van der Waals surface area (Å²) in [5, 5.41) is 12.4. The van der Waals surface area contributed by atoms with Crippen molar-refractivity contribution >= 4 is 17.7 Å². The van der Waals surface area contributed by atoms with Crippen molar-refractivity contribution < 1.29 is 24.1 Å². The fourth-order valence-electron chi connectivity index (χ4n) is 5.22. The lowest BCUT2D eigenvalue weighted by Crippen LogP contribution is -2.38. The highest BCUT2D eigenvalue weighted by Crippen LogP contribution is 2.44. The monoisotopic (exact) mass is 583 g/mol. The van der Waals surface area contributed by atoms with Gasteiger partial charge in [0.2, 0.25) is 5.91 Å². The van der Waals surface area contributed by atoms with Gasteiger partial charge in [-0.25, -0.2) is 0 Å². The van der Waals surface area contributed by atoms with Gasteiger partial charge in [-0.2, -0.15) is 0 Å². The molecule has 5 rings (SSSR count). The molecule has 4 aromatic rings. The van der Waals surface area contributed by atoms with Gasteiger partial charge in [-0.1, -0.05) is 91.9 Å². The standard InChI is InChI=1S/C35H37NO5S/c1-23-32(22-42-33-11-7-6-10-31(33)39-3)40-35(41-34(23)27-14-12-25(21-37)13-15-27)28-18-16-26(17-19-28)30-9-5-4-8-29(30)20-36-24(2)38/h4-19,23,32,34-35,37H,20-22H2,1-3H3,(H,36,38). The number of benzene rings is 4. The summed E-state index contributed by atoms with van der Waals surface area (Å²) in [6, 6.07) is 32.4. The maximum Gasteiger partial charge on any atom is 0.217 e. The Bertz CT molecular complexity index is 1470. The van der Waals surface area contributed by atoms with Gasteiger partial charge in [-0.15, -0.1) is 11.8 Å². The second-order valence-electron chi connectivity index (χ2n) is 10.5. The Kier molecular flexibility index (Phi) is 9.97. The number of thioether (sulfide) groups is 1. The van der Waals surface area contributed by atoms with E-state index < -0.39 is 6.29 Å². The molecule has 0 aromatic heterocycles. The lowest BCUT2D eigenvalue weighted by atomic mass is 9.91. The van der Waals surface area contributed by atoms with E-state index in [1.807, 2.05) is 60.7 Å². The number of carbonyl (C=O) groups excluding carboxylic acids is 1. The van der Waals surface area contributed by atoms with Crippen LogP contribution in [0.25, 0.3) is 11.1 Å². The molecule has 4 aromatic carbocycles. The summed E-state index contributed by atoms with van der Waals surface area (Å²) >= 11 is 1.72. The Balaban J connectivity index is 1.40. The van der Waals surface area contributed by atoms with Crippen molar-refractivity contribution in [2.75, 3.05) is 12.9 Å². The summed E-state index contributed by atoms with van der Waals surface area (Å²) in [5.41, 5.74) is 6.05. The Labute approximate surface area is 252 Å². The summed E-state index contributed by atoms with van der Waals surface area (Å²) < 4.78 is 18.8. The molecule has 4 unspecified atom stereocenters. The number of para-hydroxylation sites is 1. The van der Waals surface area contributed by atoms with E-state index in [2.05, 4.69) is 48.6 Å². The minimum Gasteiger partial charge on any atom is -0.496 e. The molecule has 6 nitrogen and oxygen atoms in total. The third-order valence-corrected chi connectivity index (χ3v) is 8.78. The molecule has 218 valence electrons. The maximum absolute atomic E-state index is 11.5. The first-order chi connectivity index (χ1) is 20.5. The van der Waals surface area contributed by atoms with Gasteiger partial charge in [-0.05, 0) is 39.9 Å². The van der Waals surface area contributed by atoms with E-state index >= 15 is 0 Å². The number of hydrogen-bond donors (Lipinski definition) is 2. The van der Waals surface area contributed by atoms with E-state index in [4.69, 9.17) is 14.2 Å². The van der Waals surface area contributed by atoms with Gasteiger partial charge in [0.05, 0.1) is 25.9 Å². The highest BCUT2D eigenvalue weighted by Gasteiger charge is 2.38. The number of carbonyl (C=O) groups is 1. The van der Waals surface area contributed by atoms with E-state index in [-0.39, 0.29) is 30.6 Å². The van der Waals surface area contributed by atoms with Crippen molar-refractivity contribution in [3.05, 3.63) is 119 Å². The Morgan fingerprint density at radius 3 is 2.31 bits per heavy atom. The molecule has 2 N–H and O–H groups in total. The van der Waals surface area contributed by atoms with Crippen LogP contribution in [0.5, 0.6) is 5.75 Å². The van der Waals surface area contributed by atoms with Crippen LogP contribution in [0.15, 0.2) is 102 Å². The van der Waals surface area contributed by atoms with Gasteiger partial charge in [0, 0.05) is 35.6 Å². The van der Waals surface area contributed by atoms with E-state index in [0.717, 1.165) is 49.8 Å². The molecule has 42 heavy (non-hydrogen) atoms. The second-order valence-corrected chi connectivity index (χ2v) is 11.5. The van der Waals surface area contributed by atoms with Crippen molar-refractivity contribution in [2.24, 2.45) is 5.92 Å². The largest absolute Gasteiger partial charge is 0.496 e. The first-order valence-electron chi connectivity index (χ1n) is 14.2. The zero-order valence-corrected chi connectivity index (χ0v) is 25.0. The fourth-order valence-corrected chi connectivity index (χ4v) is 6.41. The molecule has 1 saturated heterocycles. The summed E-state index contributed by atoms with van der Waals surface area (Å²) in [6.45, 7) is 4.18. The minimum absolute atomic E-state index is 0.00551. The van der Waals surface area contributed by atoms with Crippen LogP contribution < -0.4 is 10.1 Å². The van der Waals surface area contributed by atoms with Crippen LogP contribution in [0.1, 0.15) is 48.5 Å². The number of aliphatic hydroxyl groups is 1. The number of rotatable bonds is 10. The molecule has 0 saturated carbocycles. The Hall–Kier alpha value is -3.62. The Morgan fingerprint density at radius 2 is 1.60 bits per heavy atom. The van der Waals surface area contributed by atoms with Crippen LogP contribution in [-0.2, 0) is 27.4 Å². The molecule has 1 aliphatic rings. The summed E-state index contributed by atoms with van der Waals surface area (Å²) in [7, 11) is 1.69. The van der Waals surface area contributed by atoms with Crippen molar-refractivity contribution in [3.63, 3.8) is 0 Å². The second kappa shape index (κ2) is 14.0. The van der Waals surface area contributed by atoms with Crippen LogP contribution >= 0.6 is 11.8 Å². The molecular weight excluding hydrogens is 546 g/mol. The van der Waals surface area contributed by atoms with E-state index in [1.165, 1.54) is 6.92 Å². The van der Waals surface area contributed by atoms with Crippen LogP contribution in [0.3, 0.4) is 0 Å². The molecule has 1 aliphatic heterocycles. The van der Waals surface area contributed by atoms with Gasteiger partial charge in [0.15, 0.2) is 6.29 Å². The van der Waals surface area contributed by atoms with Gasteiger partial charge < -0.3 is 24.6 Å². The van der Waals surface area contributed by atoms with Crippen LogP contribution in [0.2, 0.25) is 0 Å². The van der Waals surface area contributed by atoms with Crippen molar-refractivity contribution in [3.8, 4) is 16.9 Å². The van der Waals surface area contributed by atoms with Gasteiger partial charge in [0.1, 0.15) is 5.75 Å². The molecule has 0 radical (unpaired) electrons. The van der Waals surface area contributed by atoms with E-state index in [0.29, 0.717) is 6.54 Å². The topological polar surface area (TPSA) is 77.0 Å². The first-order valence-corrected chi connectivity index (χ1v) is 15.1. The number of ether oxygens (including phenoxy) is 3. The fraction of sp³-hybridized carbons (Fsp3) is 0.286. The summed E-state index contributed by atoms with van der Waals surface area (Å²) in [4.78, 5) is 12.6. The molecule has 7 heteroatoms. The smallest absolute Gasteiger partial charge is 0.217 e. The van der Waals surface area contributed by atoms with Crippen LogP contribution in [0.4, 0.5) is 0 Å². The lowest BCUT2D eigenvalue weighted by molar-refractivity contribution is -0.268. The SMILES string of the molecule is COc1ccccc1SCC1OC(c2ccc(-c3ccccc3CNC(C)=O)cc2)OC(c2ccc(CO)cc2)C1C. The average Bonchev–Trinajstić information content (AvgIpc) is 3.03. The number of aliphatic hydroxyl groups excluding tert-OH is 1. The predicted octanol–water partition coefficient (Wildman–Crippen LogP) is 7.07. The summed E-state index contributed by atoms with van der Waals surface area (Å²) in [5.74, 6) is 1.62. The normalized spacial score (nSPS) is 20.2. The zero-order chi connectivity index (χ0) is 29.5. The van der Waals surface area contributed by atoms with Crippen molar-refractivity contribution in [1.82, 2.24) is 5.32 Å². The van der Waals surface area contributed by atoms with Gasteiger partial charge >= 0.3 is 0 Å². The molecule has 4 atom stereocenters. The number of hydrogen-bond acceptors (Lipinski definition) is 6. The van der Waals surface area contributed by atoms with Crippen molar-refractivity contribution in [1.29, 1.82) is 0 Å². The van der Waals surface area contributed by atoms with Crippen LogP contribution in [0, 0.1) is 5.92 Å². The zero-order valence-electron chi connectivity index (χ0n) is 24.2. The highest BCUT2D eigenvalue weighted by molar-refractivity contribution is 7.99. The van der Waals surface area contributed by atoms with Crippen molar-refractivity contribution in [2.45, 2.75) is 50.4 Å². The van der Waals surface area contributed by atoms with Gasteiger partial charge in [-0.3, -0.25) is 4.79 Å². The summed E-state index contributed by atoms with van der Waals surface area (Å²) in [6.07, 6.45) is -0.812. The molecule has 1 heterocycles. The molecule has 1 fully saturated rings.